The van der Waals surface area contributed by atoms with Crippen LogP contribution in [0.15, 0.2) is 0 Å². The number of anilines is 2. The van der Waals surface area contributed by atoms with E-state index in [0.717, 1.165) is 30.2 Å². The van der Waals surface area contributed by atoms with E-state index in [2.05, 4.69) is 36.2 Å². The van der Waals surface area contributed by atoms with E-state index in [-0.39, 0.29) is 0 Å². The summed E-state index contributed by atoms with van der Waals surface area (Å²) in [6, 6.07) is 0. The summed E-state index contributed by atoms with van der Waals surface area (Å²) in [5.41, 5.74) is 8.29. The number of nitrogen functional groups attached to an aromatic ring is 1. The first-order chi connectivity index (χ1) is 8.95. The third kappa shape index (κ3) is 3.03. The maximum atomic E-state index is 6.14. The van der Waals surface area contributed by atoms with Crippen LogP contribution >= 0.6 is 0 Å². The molecule has 0 amide bonds. The average Bonchev–Trinajstić information content (AvgIpc) is 2.66. The highest BCUT2D eigenvalue weighted by molar-refractivity contribution is 5.65. The fourth-order valence-corrected chi connectivity index (χ4v) is 2.70. The molecule has 5 heteroatoms. The predicted molar refractivity (Wildman–Crippen MR) is 80.3 cm³/mol. The van der Waals surface area contributed by atoms with Crippen molar-refractivity contribution < 1.29 is 0 Å². The molecular formula is C14H27N5. The summed E-state index contributed by atoms with van der Waals surface area (Å²) in [7, 11) is 4.15. The lowest BCUT2D eigenvalue weighted by Crippen LogP contribution is -2.40. The second-order valence-corrected chi connectivity index (χ2v) is 6.15. The summed E-state index contributed by atoms with van der Waals surface area (Å²) in [6.07, 6.45) is 3.34. The van der Waals surface area contributed by atoms with E-state index in [1.54, 1.807) is 0 Å². The van der Waals surface area contributed by atoms with E-state index in [0.29, 0.717) is 5.41 Å². The third-order valence-corrected chi connectivity index (χ3v) is 4.37. The number of rotatable bonds is 4. The van der Waals surface area contributed by atoms with E-state index in [1.807, 2.05) is 11.7 Å². The molecule has 1 aromatic rings. The Morgan fingerprint density at radius 2 is 1.95 bits per heavy atom. The van der Waals surface area contributed by atoms with E-state index in [9.17, 15) is 0 Å². The molecule has 1 aliphatic rings. The van der Waals surface area contributed by atoms with Gasteiger partial charge < -0.3 is 16.0 Å². The molecule has 2 rings (SSSR count). The maximum Gasteiger partial charge on any atom is 0.147 e. The molecular weight excluding hydrogens is 238 g/mol. The lowest BCUT2D eigenvalue weighted by Gasteiger charge is -2.38. The van der Waals surface area contributed by atoms with Gasteiger partial charge in [0.15, 0.2) is 0 Å². The molecule has 0 bridgehead atoms. The molecule has 19 heavy (non-hydrogen) atoms. The van der Waals surface area contributed by atoms with E-state index >= 15 is 0 Å². The number of nitrogens with zero attached hydrogens (tertiary/aromatic N) is 3. The van der Waals surface area contributed by atoms with Crippen LogP contribution in [0, 0.1) is 5.41 Å². The molecule has 2 heterocycles. The van der Waals surface area contributed by atoms with Gasteiger partial charge in [-0.1, -0.05) is 13.8 Å². The topological polar surface area (TPSA) is 59.1 Å². The third-order valence-electron chi connectivity index (χ3n) is 4.37. The van der Waals surface area contributed by atoms with Crippen molar-refractivity contribution in [2.45, 2.75) is 33.1 Å². The first-order valence-corrected chi connectivity index (χ1v) is 7.19. The molecule has 1 saturated heterocycles. The van der Waals surface area contributed by atoms with Gasteiger partial charge in [0.25, 0.3) is 0 Å². The summed E-state index contributed by atoms with van der Waals surface area (Å²) in [4.78, 5) is 2.40. The van der Waals surface area contributed by atoms with Crippen LogP contribution in [0.5, 0.6) is 0 Å². The first-order valence-electron chi connectivity index (χ1n) is 7.19. The molecule has 0 aliphatic carbocycles. The molecule has 0 aromatic carbocycles. The standard InChI is InChI=1S/C14H27N5/c1-5-11-12(15)13(19(4)17-11)16-10-14(2)6-8-18(3)9-7-14/h16H,5-10,15H2,1-4H3. The maximum absolute atomic E-state index is 6.14. The van der Waals surface area contributed by atoms with Gasteiger partial charge in [0.2, 0.25) is 0 Å². The molecule has 0 saturated carbocycles. The number of nitrogens with one attached hydrogen (secondary N) is 1. The molecule has 0 spiro atoms. The smallest absolute Gasteiger partial charge is 0.147 e. The fourth-order valence-electron chi connectivity index (χ4n) is 2.70. The van der Waals surface area contributed by atoms with Gasteiger partial charge in [0, 0.05) is 13.6 Å². The van der Waals surface area contributed by atoms with Gasteiger partial charge in [0.1, 0.15) is 5.82 Å². The van der Waals surface area contributed by atoms with Crippen LogP contribution in [0.25, 0.3) is 0 Å². The van der Waals surface area contributed by atoms with Crippen molar-refractivity contribution in [3.63, 3.8) is 0 Å². The number of nitrogens with two attached hydrogens (primary N) is 1. The van der Waals surface area contributed by atoms with E-state index in [4.69, 9.17) is 5.73 Å². The number of hydrogen-bond donors (Lipinski definition) is 2. The highest BCUT2D eigenvalue weighted by Crippen LogP contribution is 2.32. The molecule has 0 radical (unpaired) electrons. The zero-order valence-electron chi connectivity index (χ0n) is 12.7. The monoisotopic (exact) mass is 265 g/mol. The Labute approximate surface area is 116 Å². The van der Waals surface area contributed by atoms with Crippen LogP contribution in [-0.4, -0.2) is 41.4 Å². The Balaban J connectivity index is 2.00. The lowest BCUT2D eigenvalue weighted by atomic mass is 9.80. The number of piperidine rings is 1. The van der Waals surface area contributed by atoms with Crippen LogP contribution in [0.3, 0.4) is 0 Å². The number of aryl methyl sites for hydroxylation is 2. The minimum absolute atomic E-state index is 0.357. The molecule has 1 aliphatic heterocycles. The summed E-state index contributed by atoms with van der Waals surface area (Å²) in [6.45, 7) is 7.77. The summed E-state index contributed by atoms with van der Waals surface area (Å²) in [5, 5.41) is 7.97. The van der Waals surface area contributed by atoms with Crippen molar-refractivity contribution in [2.75, 3.05) is 37.7 Å². The molecule has 108 valence electrons. The van der Waals surface area contributed by atoms with E-state index in [1.165, 1.54) is 25.9 Å². The van der Waals surface area contributed by atoms with Crippen molar-refractivity contribution in [3.05, 3.63) is 5.69 Å². The Morgan fingerprint density at radius 3 is 2.47 bits per heavy atom. The van der Waals surface area contributed by atoms with Gasteiger partial charge in [-0.15, -0.1) is 0 Å². The quantitative estimate of drug-likeness (QED) is 0.870. The summed E-state index contributed by atoms with van der Waals surface area (Å²) >= 11 is 0. The van der Waals surface area contributed by atoms with Gasteiger partial charge in [-0.05, 0) is 44.8 Å². The number of likely N-dealkylation sites (tertiary alicyclic amines) is 1. The summed E-state index contributed by atoms with van der Waals surface area (Å²) < 4.78 is 1.87. The average molecular weight is 265 g/mol. The zero-order valence-corrected chi connectivity index (χ0v) is 12.7. The van der Waals surface area contributed by atoms with Crippen LogP contribution in [-0.2, 0) is 13.5 Å². The van der Waals surface area contributed by atoms with Gasteiger partial charge in [-0.2, -0.15) is 5.10 Å². The van der Waals surface area contributed by atoms with Gasteiger partial charge in [-0.3, -0.25) is 4.68 Å². The molecule has 5 nitrogen and oxygen atoms in total. The zero-order chi connectivity index (χ0) is 14.0. The predicted octanol–water partition coefficient (Wildman–Crippen LogP) is 1.71. The number of hydrogen-bond acceptors (Lipinski definition) is 4. The normalized spacial score (nSPS) is 19.6. The summed E-state index contributed by atoms with van der Waals surface area (Å²) in [5.74, 6) is 0.969. The molecule has 0 atom stereocenters. The minimum atomic E-state index is 0.357. The Kier molecular flexibility index (Phi) is 4.04. The molecule has 1 aromatic heterocycles. The lowest BCUT2D eigenvalue weighted by molar-refractivity contribution is 0.150. The largest absolute Gasteiger partial charge is 0.394 e. The molecule has 1 fully saturated rings. The fraction of sp³-hybridized carbons (Fsp3) is 0.786. The van der Waals surface area contributed by atoms with Crippen molar-refractivity contribution in [3.8, 4) is 0 Å². The first kappa shape index (κ1) is 14.2. The Morgan fingerprint density at radius 1 is 1.32 bits per heavy atom. The number of aromatic nitrogens is 2. The van der Waals surface area contributed by atoms with E-state index < -0.39 is 0 Å². The van der Waals surface area contributed by atoms with Crippen molar-refractivity contribution in [2.24, 2.45) is 12.5 Å². The Bertz CT molecular complexity index is 429. The van der Waals surface area contributed by atoms with Crippen LogP contribution in [0.2, 0.25) is 0 Å². The highest BCUT2D eigenvalue weighted by atomic mass is 15.3. The van der Waals surface area contributed by atoms with Crippen molar-refractivity contribution in [1.82, 2.24) is 14.7 Å². The minimum Gasteiger partial charge on any atom is -0.394 e. The van der Waals surface area contributed by atoms with Crippen LogP contribution in [0.4, 0.5) is 11.5 Å². The highest BCUT2D eigenvalue weighted by Gasteiger charge is 2.29. The van der Waals surface area contributed by atoms with Crippen LogP contribution in [0.1, 0.15) is 32.4 Å². The second-order valence-electron chi connectivity index (χ2n) is 6.15. The molecule has 3 N–H and O–H groups in total. The van der Waals surface area contributed by atoms with Gasteiger partial charge in [-0.25, -0.2) is 0 Å². The van der Waals surface area contributed by atoms with Crippen LogP contribution < -0.4 is 11.1 Å². The van der Waals surface area contributed by atoms with Gasteiger partial charge >= 0.3 is 0 Å². The second kappa shape index (κ2) is 5.41. The SMILES string of the molecule is CCc1nn(C)c(NCC2(C)CCN(C)CC2)c1N. The van der Waals surface area contributed by atoms with Gasteiger partial charge in [0.05, 0.1) is 11.4 Å². The molecule has 0 unspecified atom stereocenters. The Hall–Kier alpha value is -1.23. The van der Waals surface area contributed by atoms with Crippen molar-refractivity contribution >= 4 is 11.5 Å². The van der Waals surface area contributed by atoms with Crippen molar-refractivity contribution in [1.29, 1.82) is 0 Å².